The molecule has 2 aromatic rings. The van der Waals surface area contributed by atoms with Crippen LogP contribution in [0.1, 0.15) is 5.56 Å². The highest BCUT2D eigenvalue weighted by molar-refractivity contribution is 7.89. The molecule has 1 aromatic carbocycles. The highest BCUT2D eigenvalue weighted by Gasteiger charge is 2.37. The molecule has 0 saturated heterocycles. The van der Waals surface area contributed by atoms with E-state index >= 15 is 0 Å². The lowest BCUT2D eigenvalue weighted by Crippen LogP contribution is -2.37. The third kappa shape index (κ3) is 2.57. The molecule has 3 rings (SSSR count). The zero-order valence-corrected chi connectivity index (χ0v) is 13.8. The second-order valence-electron chi connectivity index (χ2n) is 4.85. The van der Waals surface area contributed by atoms with Gasteiger partial charge < -0.3 is 10.4 Å². The third-order valence-electron chi connectivity index (χ3n) is 3.38. The minimum atomic E-state index is -3.96. The molecule has 0 spiro atoms. The molecular formula is C14H11ClN4O4S. The number of carbonyl (C=O) groups excluding carboxylic acids is 1. The zero-order chi connectivity index (χ0) is 17.5. The molecule has 0 radical (unpaired) electrons. The van der Waals surface area contributed by atoms with Gasteiger partial charge in [-0.25, -0.2) is 13.4 Å². The van der Waals surface area contributed by atoms with Gasteiger partial charge in [-0.3, -0.25) is 14.1 Å². The molecule has 0 aliphatic carbocycles. The number of likely N-dealkylation sites (N-methyl/N-ethyl adjacent to an activating group) is 1. The van der Waals surface area contributed by atoms with Crippen LogP contribution in [0.4, 0.5) is 5.82 Å². The molecule has 0 saturated carbocycles. The lowest BCUT2D eigenvalue weighted by Gasteiger charge is -2.28. The first-order valence-corrected chi connectivity index (χ1v) is 8.44. The van der Waals surface area contributed by atoms with Gasteiger partial charge in [0.25, 0.3) is 15.9 Å². The molecule has 2 heterocycles. The molecule has 1 amide bonds. The molecule has 2 N–H and O–H groups in total. The molecule has 10 heteroatoms. The van der Waals surface area contributed by atoms with Crippen LogP contribution in [0, 0.1) is 0 Å². The maximum atomic E-state index is 12.5. The number of rotatable bonds is 2. The number of aromatic nitrogens is 2. The van der Waals surface area contributed by atoms with Crippen molar-refractivity contribution < 1.29 is 18.3 Å². The molecule has 124 valence electrons. The number of hydrogen-bond acceptors (Lipinski definition) is 6. The zero-order valence-electron chi connectivity index (χ0n) is 12.3. The fourth-order valence-corrected chi connectivity index (χ4v) is 3.81. The van der Waals surface area contributed by atoms with Gasteiger partial charge in [-0.15, -0.1) is 0 Å². The van der Waals surface area contributed by atoms with Gasteiger partial charge in [-0.2, -0.15) is 0 Å². The number of fused-ring (bicyclic) bond motifs is 1. The van der Waals surface area contributed by atoms with Crippen LogP contribution in [0.25, 0.3) is 5.76 Å². The number of aliphatic hydroxyl groups is 1. The lowest BCUT2D eigenvalue weighted by atomic mass is 10.1. The Morgan fingerprint density at radius 3 is 2.71 bits per heavy atom. The van der Waals surface area contributed by atoms with Gasteiger partial charge in [0.05, 0.1) is 17.3 Å². The predicted molar refractivity (Wildman–Crippen MR) is 86.6 cm³/mol. The number of carbonyl (C=O) groups is 1. The Kier molecular flexibility index (Phi) is 3.90. The largest absolute Gasteiger partial charge is 0.505 e. The normalized spacial score (nSPS) is 15.8. The van der Waals surface area contributed by atoms with Crippen molar-refractivity contribution in [2.24, 2.45) is 0 Å². The van der Waals surface area contributed by atoms with Crippen molar-refractivity contribution in [1.82, 2.24) is 14.3 Å². The molecule has 1 aliphatic heterocycles. The van der Waals surface area contributed by atoms with Crippen LogP contribution < -0.4 is 5.32 Å². The number of halogens is 1. The standard InChI is InChI=1S/C14H11ClN4O4S/c1-19-12(14(21)18-11-7-16-6-10(15)17-11)13(20)8-4-2-3-5-9(8)24(19,22)23/h2-7,20H,1H3,(H,17,18,21). The summed E-state index contributed by atoms with van der Waals surface area (Å²) >= 11 is 5.69. The Bertz CT molecular complexity index is 974. The number of nitrogens with one attached hydrogen (secondary N) is 1. The summed E-state index contributed by atoms with van der Waals surface area (Å²) in [6.45, 7) is 0. The number of aliphatic hydroxyl groups excluding tert-OH is 1. The quantitative estimate of drug-likeness (QED) is 0.835. The predicted octanol–water partition coefficient (Wildman–Crippen LogP) is 1.63. The van der Waals surface area contributed by atoms with E-state index in [-0.39, 0.29) is 21.4 Å². The Hall–Kier alpha value is -2.65. The number of amides is 1. The molecular weight excluding hydrogens is 356 g/mol. The van der Waals surface area contributed by atoms with Crippen LogP contribution in [-0.2, 0) is 14.8 Å². The van der Waals surface area contributed by atoms with Crippen LogP contribution in [-0.4, -0.2) is 40.8 Å². The van der Waals surface area contributed by atoms with Gasteiger partial charge in [-0.05, 0) is 12.1 Å². The van der Waals surface area contributed by atoms with Crippen molar-refractivity contribution in [3.8, 4) is 0 Å². The average Bonchev–Trinajstić information content (AvgIpc) is 2.53. The van der Waals surface area contributed by atoms with Crippen LogP contribution in [0.15, 0.2) is 47.3 Å². The first-order chi connectivity index (χ1) is 11.3. The minimum absolute atomic E-state index is 0.0254. The monoisotopic (exact) mass is 366 g/mol. The Balaban J connectivity index is 2.08. The summed E-state index contributed by atoms with van der Waals surface area (Å²) in [6.07, 6.45) is 2.52. The van der Waals surface area contributed by atoms with Crippen molar-refractivity contribution in [1.29, 1.82) is 0 Å². The molecule has 0 fully saturated rings. The van der Waals surface area contributed by atoms with E-state index in [1.165, 1.54) is 37.6 Å². The average molecular weight is 367 g/mol. The fraction of sp³-hybridized carbons (Fsp3) is 0.0714. The van der Waals surface area contributed by atoms with E-state index in [0.717, 1.165) is 4.31 Å². The molecule has 8 nitrogen and oxygen atoms in total. The van der Waals surface area contributed by atoms with E-state index in [1.54, 1.807) is 6.07 Å². The summed E-state index contributed by atoms with van der Waals surface area (Å²) in [6, 6.07) is 5.87. The lowest BCUT2D eigenvalue weighted by molar-refractivity contribution is -0.113. The van der Waals surface area contributed by atoms with Crippen molar-refractivity contribution in [3.63, 3.8) is 0 Å². The highest BCUT2D eigenvalue weighted by Crippen LogP contribution is 2.34. The summed E-state index contributed by atoms with van der Waals surface area (Å²) in [7, 11) is -2.78. The van der Waals surface area contributed by atoms with Crippen molar-refractivity contribution in [2.45, 2.75) is 4.90 Å². The number of nitrogens with zero attached hydrogens (tertiary/aromatic N) is 3. The molecule has 1 aromatic heterocycles. The van der Waals surface area contributed by atoms with Gasteiger partial charge in [0, 0.05) is 12.6 Å². The minimum Gasteiger partial charge on any atom is -0.505 e. The molecule has 1 aliphatic rings. The maximum absolute atomic E-state index is 12.5. The van der Waals surface area contributed by atoms with Gasteiger partial charge in [0.1, 0.15) is 5.15 Å². The summed E-state index contributed by atoms with van der Waals surface area (Å²) in [5.74, 6) is -1.28. The first kappa shape index (κ1) is 16.2. The van der Waals surface area contributed by atoms with E-state index in [1.807, 2.05) is 0 Å². The molecule has 0 bridgehead atoms. The topological polar surface area (TPSA) is 112 Å². The summed E-state index contributed by atoms with van der Waals surface area (Å²) in [4.78, 5) is 20.0. The molecule has 0 unspecified atom stereocenters. The number of hydrogen-bond donors (Lipinski definition) is 2. The Morgan fingerprint density at radius 2 is 2.00 bits per heavy atom. The third-order valence-corrected chi connectivity index (χ3v) is 5.38. The number of benzene rings is 1. The van der Waals surface area contributed by atoms with E-state index in [0.29, 0.717) is 0 Å². The second-order valence-corrected chi connectivity index (χ2v) is 7.17. The second kappa shape index (κ2) is 5.77. The van der Waals surface area contributed by atoms with Gasteiger partial charge in [-0.1, -0.05) is 23.7 Å². The summed E-state index contributed by atoms with van der Waals surface area (Å²) in [5, 5.41) is 12.8. The fourth-order valence-electron chi connectivity index (χ4n) is 2.26. The van der Waals surface area contributed by atoms with Crippen molar-refractivity contribution >= 4 is 39.1 Å². The number of sulfonamides is 1. The van der Waals surface area contributed by atoms with E-state index in [4.69, 9.17) is 11.6 Å². The Labute approximate surface area is 142 Å². The van der Waals surface area contributed by atoms with E-state index in [9.17, 15) is 18.3 Å². The SMILES string of the molecule is CN1C(C(=O)Nc2cncc(Cl)n2)=C(O)c2ccccc2S1(=O)=O. The van der Waals surface area contributed by atoms with Crippen LogP contribution in [0.3, 0.4) is 0 Å². The van der Waals surface area contributed by atoms with Gasteiger partial charge in [0.15, 0.2) is 17.3 Å². The molecule has 0 atom stereocenters. The van der Waals surface area contributed by atoms with Crippen molar-refractivity contribution in [2.75, 3.05) is 12.4 Å². The van der Waals surface area contributed by atoms with Gasteiger partial charge >= 0.3 is 0 Å². The van der Waals surface area contributed by atoms with E-state index in [2.05, 4.69) is 15.3 Å². The van der Waals surface area contributed by atoms with Crippen LogP contribution >= 0.6 is 11.6 Å². The van der Waals surface area contributed by atoms with Crippen molar-refractivity contribution in [3.05, 3.63) is 53.1 Å². The smallest absolute Gasteiger partial charge is 0.278 e. The maximum Gasteiger partial charge on any atom is 0.278 e. The number of anilines is 1. The molecule has 24 heavy (non-hydrogen) atoms. The van der Waals surface area contributed by atoms with Crippen LogP contribution in [0.2, 0.25) is 5.15 Å². The Morgan fingerprint density at radius 1 is 1.29 bits per heavy atom. The summed E-state index contributed by atoms with van der Waals surface area (Å²) in [5.41, 5.74) is -0.367. The summed E-state index contributed by atoms with van der Waals surface area (Å²) < 4.78 is 25.8. The van der Waals surface area contributed by atoms with E-state index < -0.39 is 27.4 Å². The first-order valence-electron chi connectivity index (χ1n) is 6.63. The van der Waals surface area contributed by atoms with Gasteiger partial charge in [0.2, 0.25) is 0 Å². The van der Waals surface area contributed by atoms with Crippen LogP contribution in [0.5, 0.6) is 0 Å². The highest BCUT2D eigenvalue weighted by atomic mass is 35.5.